The molecule has 0 atom stereocenters. The summed E-state index contributed by atoms with van der Waals surface area (Å²) in [6, 6.07) is 23.8. The smallest absolute Gasteiger partial charge is 0.0111 e. The number of benzene rings is 3. The van der Waals surface area contributed by atoms with Gasteiger partial charge in [0.25, 0.3) is 0 Å². The first kappa shape index (κ1) is 13.6. The van der Waals surface area contributed by atoms with Gasteiger partial charge in [0.15, 0.2) is 0 Å². The van der Waals surface area contributed by atoms with Gasteiger partial charge in [-0.3, -0.25) is 0 Å². The molecule has 0 unspecified atom stereocenters. The van der Waals surface area contributed by atoms with Gasteiger partial charge in [0, 0.05) is 0 Å². The van der Waals surface area contributed by atoms with Crippen LogP contribution in [0, 0.1) is 0 Å². The Morgan fingerprint density at radius 2 is 1.62 bits per heavy atom. The Kier molecular flexibility index (Phi) is 4.16. The molecule has 21 heavy (non-hydrogen) atoms. The molecule has 0 spiro atoms. The first-order valence-electron chi connectivity index (χ1n) is 7.61. The molecule has 0 N–H and O–H groups in total. The van der Waals surface area contributed by atoms with Crippen molar-refractivity contribution in [3.05, 3.63) is 83.4 Å². The van der Waals surface area contributed by atoms with Gasteiger partial charge in [-0.25, -0.2) is 0 Å². The fourth-order valence-electron chi connectivity index (χ4n) is 2.72. The van der Waals surface area contributed by atoms with Crippen molar-refractivity contribution in [3.8, 4) is 0 Å². The van der Waals surface area contributed by atoms with Crippen LogP contribution < -0.4 is 0 Å². The molecule has 3 rings (SSSR count). The second-order valence-electron chi connectivity index (χ2n) is 5.40. The Bertz CT molecular complexity index is 760. The molecule has 0 saturated heterocycles. The van der Waals surface area contributed by atoms with Crippen molar-refractivity contribution in [1.82, 2.24) is 0 Å². The molecule has 0 heterocycles. The van der Waals surface area contributed by atoms with Crippen molar-refractivity contribution in [3.63, 3.8) is 0 Å². The summed E-state index contributed by atoms with van der Waals surface area (Å²) >= 11 is 0. The SMILES string of the molecule is CCCc1cccc(/C=C\c2cccc3ccccc23)c1. The van der Waals surface area contributed by atoms with Crippen molar-refractivity contribution in [2.75, 3.05) is 0 Å². The predicted molar refractivity (Wildman–Crippen MR) is 93.3 cm³/mol. The number of aryl methyl sites for hydroxylation is 1. The molecule has 0 aliphatic heterocycles. The molecule has 0 heteroatoms. The van der Waals surface area contributed by atoms with Gasteiger partial charge in [0.05, 0.1) is 0 Å². The van der Waals surface area contributed by atoms with E-state index >= 15 is 0 Å². The summed E-state index contributed by atoms with van der Waals surface area (Å²) in [6.45, 7) is 2.22. The third-order valence-corrected chi connectivity index (χ3v) is 3.77. The van der Waals surface area contributed by atoms with Crippen LogP contribution >= 0.6 is 0 Å². The molecule has 0 radical (unpaired) electrons. The number of rotatable bonds is 4. The lowest BCUT2D eigenvalue weighted by Crippen LogP contribution is -1.83. The monoisotopic (exact) mass is 272 g/mol. The second-order valence-corrected chi connectivity index (χ2v) is 5.40. The largest absolute Gasteiger partial charge is 0.0651 e. The molecule has 0 aliphatic rings. The molecule has 0 bridgehead atoms. The molecule has 3 aromatic rings. The van der Waals surface area contributed by atoms with E-state index in [1.807, 2.05) is 0 Å². The van der Waals surface area contributed by atoms with Crippen LogP contribution in [0.2, 0.25) is 0 Å². The Hall–Kier alpha value is -2.34. The van der Waals surface area contributed by atoms with Crippen LogP contribution in [0.4, 0.5) is 0 Å². The van der Waals surface area contributed by atoms with Gasteiger partial charge >= 0.3 is 0 Å². The predicted octanol–water partition coefficient (Wildman–Crippen LogP) is 5.96. The summed E-state index contributed by atoms with van der Waals surface area (Å²) in [5.41, 5.74) is 3.96. The zero-order valence-electron chi connectivity index (χ0n) is 12.4. The zero-order valence-corrected chi connectivity index (χ0v) is 12.4. The van der Waals surface area contributed by atoms with Crippen molar-refractivity contribution in [2.45, 2.75) is 19.8 Å². The van der Waals surface area contributed by atoms with Crippen molar-refractivity contribution in [1.29, 1.82) is 0 Å². The van der Waals surface area contributed by atoms with Gasteiger partial charge in [0.1, 0.15) is 0 Å². The lowest BCUT2D eigenvalue weighted by molar-refractivity contribution is 0.921. The summed E-state index contributed by atoms with van der Waals surface area (Å²) in [4.78, 5) is 0. The van der Waals surface area contributed by atoms with Crippen LogP contribution in [0.5, 0.6) is 0 Å². The van der Waals surface area contributed by atoms with E-state index in [4.69, 9.17) is 0 Å². The van der Waals surface area contributed by atoms with E-state index in [0.29, 0.717) is 0 Å². The van der Waals surface area contributed by atoms with E-state index in [1.165, 1.54) is 33.9 Å². The van der Waals surface area contributed by atoms with Crippen LogP contribution in [0.25, 0.3) is 22.9 Å². The Morgan fingerprint density at radius 3 is 2.52 bits per heavy atom. The van der Waals surface area contributed by atoms with Crippen LogP contribution in [0.15, 0.2) is 66.7 Å². The molecule has 0 saturated carbocycles. The van der Waals surface area contributed by atoms with Crippen molar-refractivity contribution >= 4 is 22.9 Å². The molecule has 0 fully saturated rings. The van der Waals surface area contributed by atoms with Crippen molar-refractivity contribution < 1.29 is 0 Å². The lowest BCUT2D eigenvalue weighted by Gasteiger charge is -2.03. The lowest BCUT2D eigenvalue weighted by atomic mass is 10.0. The van der Waals surface area contributed by atoms with E-state index in [1.54, 1.807) is 0 Å². The quantitative estimate of drug-likeness (QED) is 0.514. The van der Waals surface area contributed by atoms with E-state index < -0.39 is 0 Å². The third kappa shape index (κ3) is 3.22. The maximum Gasteiger partial charge on any atom is -0.0111 e. The minimum absolute atomic E-state index is 1.15. The highest BCUT2D eigenvalue weighted by molar-refractivity contribution is 5.92. The summed E-state index contributed by atoms with van der Waals surface area (Å²) < 4.78 is 0. The molecular formula is C21H20. The zero-order chi connectivity index (χ0) is 14.5. The number of hydrogen-bond donors (Lipinski definition) is 0. The fraction of sp³-hybridized carbons (Fsp3) is 0.143. The summed E-state index contributed by atoms with van der Waals surface area (Å²) in [5, 5.41) is 2.60. The summed E-state index contributed by atoms with van der Waals surface area (Å²) in [5.74, 6) is 0. The molecule has 0 nitrogen and oxygen atoms in total. The van der Waals surface area contributed by atoms with Crippen molar-refractivity contribution in [2.24, 2.45) is 0 Å². The van der Waals surface area contributed by atoms with Gasteiger partial charge < -0.3 is 0 Å². The van der Waals surface area contributed by atoms with Gasteiger partial charge in [-0.2, -0.15) is 0 Å². The van der Waals surface area contributed by atoms with Gasteiger partial charge in [-0.15, -0.1) is 0 Å². The fourth-order valence-corrected chi connectivity index (χ4v) is 2.72. The van der Waals surface area contributed by atoms with E-state index in [9.17, 15) is 0 Å². The Morgan fingerprint density at radius 1 is 0.810 bits per heavy atom. The summed E-state index contributed by atoms with van der Waals surface area (Å²) in [7, 11) is 0. The second kappa shape index (κ2) is 6.41. The van der Waals surface area contributed by atoms with Crippen LogP contribution in [-0.4, -0.2) is 0 Å². The highest BCUT2D eigenvalue weighted by atomic mass is 14.0. The maximum atomic E-state index is 2.28. The normalized spacial score (nSPS) is 11.3. The average Bonchev–Trinajstić information content (AvgIpc) is 2.53. The van der Waals surface area contributed by atoms with Crippen LogP contribution in [-0.2, 0) is 6.42 Å². The van der Waals surface area contributed by atoms with E-state index in [2.05, 4.69) is 85.8 Å². The number of fused-ring (bicyclic) bond motifs is 1. The number of hydrogen-bond acceptors (Lipinski definition) is 0. The van der Waals surface area contributed by atoms with Gasteiger partial charge in [-0.1, -0.05) is 92.2 Å². The van der Waals surface area contributed by atoms with E-state index in [-0.39, 0.29) is 0 Å². The topological polar surface area (TPSA) is 0 Å². The molecule has 0 amide bonds. The van der Waals surface area contributed by atoms with E-state index in [0.717, 1.165) is 6.42 Å². The third-order valence-electron chi connectivity index (χ3n) is 3.77. The Labute approximate surface area is 126 Å². The molecule has 104 valence electrons. The maximum absolute atomic E-state index is 2.28. The van der Waals surface area contributed by atoms with Crippen LogP contribution in [0.1, 0.15) is 30.0 Å². The molecule has 3 aromatic carbocycles. The summed E-state index contributed by atoms with van der Waals surface area (Å²) in [6.07, 6.45) is 6.76. The highest BCUT2D eigenvalue weighted by Gasteiger charge is 1.97. The first-order valence-corrected chi connectivity index (χ1v) is 7.61. The standard InChI is InChI=1S/C21H20/c1-2-7-17-8-5-9-18(16-17)14-15-20-12-6-11-19-10-3-4-13-21(19)20/h3-6,8-16H,2,7H2,1H3/b15-14-. The van der Waals surface area contributed by atoms with Gasteiger partial charge in [0.2, 0.25) is 0 Å². The average molecular weight is 272 g/mol. The minimum Gasteiger partial charge on any atom is -0.0651 e. The molecule has 0 aliphatic carbocycles. The highest BCUT2D eigenvalue weighted by Crippen LogP contribution is 2.21. The Balaban J connectivity index is 1.93. The van der Waals surface area contributed by atoms with Crippen LogP contribution in [0.3, 0.4) is 0 Å². The first-order chi connectivity index (χ1) is 10.4. The minimum atomic E-state index is 1.15. The molecular weight excluding hydrogens is 252 g/mol. The molecule has 0 aromatic heterocycles. The van der Waals surface area contributed by atoms with Gasteiger partial charge in [-0.05, 0) is 33.9 Å².